The third kappa shape index (κ3) is 2.49. The molecule has 2 heterocycles. The van der Waals surface area contributed by atoms with Crippen molar-refractivity contribution in [2.24, 2.45) is 0 Å². The molecule has 0 radical (unpaired) electrons. The van der Waals surface area contributed by atoms with E-state index in [-0.39, 0.29) is 5.91 Å². The third-order valence-electron chi connectivity index (χ3n) is 2.89. The highest BCUT2D eigenvalue weighted by Gasteiger charge is 2.03. The molecular weight excluding hydrogens is 254 g/mol. The minimum Gasteiger partial charge on any atom is -0.352 e. The van der Waals surface area contributed by atoms with Crippen LogP contribution in [-0.4, -0.2) is 25.7 Å². The van der Waals surface area contributed by atoms with Gasteiger partial charge in [-0.3, -0.25) is 14.8 Å². The fourth-order valence-corrected chi connectivity index (χ4v) is 1.91. The van der Waals surface area contributed by atoms with Crippen LogP contribution in [0.25, 0.3) is 16.7 Å². The average Bonchev–Trinajstić information content (AvgIpc) is 2.93. The lowest BCUT2D eigenvalue weighted by Gasteiger charge is -2.02. The highest BCUT2D eigenvalue weighted by Crippen LogP contribution is 2.14. The Hall–Kier alpha value is -2.76. The minimum atomic E-state index is -0.0567. The van der Waals surface area contributed by atoms with E-state index < -0.39 is 0 Å². The molecule has 3 rings (SSSR count). The van der Waals surface area contributed by atoms with Gasteiger partial charge < -0.3 is 5.32 Å². The summed E-state index contributed by atoms with van der Waals surface area (Å²) in [5.41, 5.74) is 3.53. The zero-order valence-corrected chi connectivity index (χ0v) is 10.9. The van der Waals surface area contributed by atoms with Crippen molar-refractivity contribution in [1.29, 1.82) is 0 Å². The van der Waals surface area contributed by atoms with Crippen molar-refractivity contribution < 1.29 is 4.79 Å². The number of rotatable bonds is 3. The van der Waals surface area contributed by atoms with Crippen LogP contribution in [0, 0.1) is 0 Å². The maximum Gasteiger partial charge on any atom is 0.217 e. The Morgan fingerprint density at radius 1 is 1.25 bits per heavy atom. The van der Waals surface area contributed by atoms with Gasteiger partial charge in [-0.15, -0.1) is 0 Å². The fraction of sp³-hybridized carbons (Fsp3) is 0.143. The van der Waals surface area contributed by atoms with Crippen LogP contribution in [0.5, 0.6) is 0 Å². The standard InChI is InChI=1S/C14H13N5O/c1-10(20)17-7-11-8-18-19(9-11)12-2-3-13-14(6-12)16-5-4-15-13/h2-6,8-9H,7H2,1H3,(H,17,20). The van der Waals surface area contributed by atoms with Gasteiger partial charge in [0.25, 0.3) is 0 Å². The molecule has 1 amide bonds. The van der Waals surface area contributed by atoms with Crippen LogP contribution in [-0.2, 0) is 11.3 Å². The fourth-order valence-electron chi connectivity index (χ4n) is 1.91. The Balaban J connectivity index is 1.89. The van der Waals surface area contributed by atoms with E-state index in [9.17, 15) is 4.79 Å². The van der Waals surface area contributed by atoms with Crippen LogP contribution in [0.3, 0.4) is 0 Å². The van der Waals surface area contributed by atoms with Crippen LogP contribution in [0.15, 0.2) is 43.0 Å². The van der Waals surface area contributed by atoms with Crippen LogP contribution in [0.1, 0.15) is 12.5 Å². The number of hydrogen-bond donors (Lipinski definition) is 1. The molecule has 2 aromatic heterocycles. The summed E-state index contributed by atoms with van der Waals surface area (Å²) in [6, 6.07) is 5.77. The summed E-state index contributed by atoms with van der Waals surface area (Å²) >= 11 is 0. The van der Waals surface area contributed by atoms with Gasteiger partial charge in [0.2, 0.25) is 5.91 Å². The highest BCUT2D eigenvalue weighted by atomic mass is 16.1. The maximum atomic E-state index is 10.9. The van der Waals surface area contributed by atoms with Gasteiger partial charge in [-0.05, 0) is 18.2 Å². The molecule has 0 atom stereocenters. The first-order chi connectivity index (χ1) is 9.72. The Morgan fingerprint density at radius 2 is 2.05 bits per heavy atom. The summed E-state index contributed by atoms with van der Waals surface area (Å²) < 4.78 is 1.76. The monoisotopic (exact) mass is 267 g/mol. The highest BCUT2D eigenvalue weighted by molar-refractivity contribution is 5.76. The topological polar surface area (TPSA) is 72.7 Å². The summed E-state index contributed by atoms with van der Waals surface area (Å²) in [7, 11) is 0. The van der Waals surface area contributed by atoms with Crippen molar-refractivity contribution >= 4 is 16.9 Å². The quantitative estimate of drug-likeness (QED) is 0.779. The Bertz CT molecular complexity index is 765. The van der Waals surface area contributed by atoms with Crippen molar-refractivity contribution in [3.63, 3.8) is 0 Å². The zero-order chi connectivity index (χ0) is 13.9. The Labute approximate surface area is 115 Å². The summed E-state index contributed by atoms with van der Waals surface area (Å²) in [5.74, 6) is -0.0567. The predicted molar refractivity (Wildman–Crippen MR) is 74.2 cm³/mol. The first-order valence-corrected chi connectivity index (χ1v) is 6.21. The van der Waals surface area contributed by atoms with Gasteiger partial charge in [0.1, 0.15) is 0 Å². The molecule has 0 aliphatic carbocycles. The molecule has 1 N–H and O–H groups in total. The number of aromatic nitrogens is 4. The lowest BCUT2D eigenvalue weighted by atomic mass is 10.2. The number of hydrogen-bond acceptors (Lipinski definition) is 4. The average molecular weight is 267 g/mol. The van der Waals surface area contributed by atoms with Crippen molar-refractivity contribution in [2.75, 3.05) is 0 Å². The second-order valence-corrected chi connectivity index (χ2v) is 4.43. The summed E-state index contributed by atoms with van der Waals surface area (Å²) in [6.45, 7) is 1.97. The molecule has 0 spiro atoms. The van der Waals surface area contributed by atoms with E-state index in [0.29, 0.717) is 6.54 Å². The van der Waals surface area contributed by atoms with Gasteiger partial charge in [-0.1, -0.05) is 0 Å². The molecule has 0 aliphatic rings. The SMILES string of the molecule is CC(=O)NCc1cnn(-c2ccc3nccnc3c2)c1. The molecule has 0 saturated heterocycles. The van der Waals surface area contributed by atoms with E-state index in [1.54, 1.807) is 23.3 Å². The number of amides is 1. The number of benzene rings is 1. The Kier molecular flexibility index (Phi) is 3.12. The largest absolute Gasteiger partial charge is 0.352 e. The van der Waals surface area contributed by atoms with Crippen LogP contribution in [0.4, 0.5) is 0 Å². The molecule has 0 saturated carbocycles. The number of carbonyl (C=O) groups excluding carboxylic acids is 1. The van der Waals surface area contributed by atoms with E-state index in [1.165, 1.54) is 6.92 Å². The summed E-state index contributed by atoms with van der Waals surface area (Å²) in [6.07, 6.45) is 6.95. The molecule has 0 aliphatic heterocycles. The van der Waals surface area contributed by atoms with Gasteiger partial charge >= 0.3 is 0 Å². The number of nitrogens with zero attached hydrogens (tertiary/aromatic N) is 4. The van der Waals surface area contributed by atoms with Crippen molar-refractivity contribution in [2.45, 2.75) is 13.5 Å². The molecule has 0 fully saturated rings. The number of nitrogens with one attached hydrogen (secondary N) is 1. The van der Waals surface area contributed by atoms with E-state index in [2.05, 4.69) is 20.4 Å². The van der Waals surface area contributed by atoms with Crippen molar-refractivity contribution in [1.82, 2.24) is 25.1 Å². The number of fused-ring (bicyclic) bond motifs is 1. The van der Waals surface area contributed by atoms with Crippen molar-refractivity contribution in [3.05, 3.63) is 48.5 Å². The molecule has 6 heteroatoms. The van der Waals surface area contributed by atoms with Crippen LogP contribution >= 0.6 is 0 Å². The normalized spacial score (nSPS) is 10.7. The number of carbonyl (C=O) groups is 1. The first-order valence-electron chi connectivity index (χ1n) is 6.21. The van der Waals surface area contributed by atoms with E-state index in [4.69, 9.17) is 0 Å². The van der Waals surface area contributed by atoms with Crippen LogP contribution in [0.2, 0.25) is 0 Å². The molecule has 0 bridgehead atoms. The van der Waals surface area contributed by atoms with Gasteiger partial charge in [0.15, 0.2) is 0 Å². The van der Waals surface area contributed by atoms with Gasteiger partial charge in [-0.25, -0.2) is 4.68 Å². The van der Waals surface area contributed by atoms with Gasteiger partial charge in [0, 0.05) is 37.6 Å². The molecular formula is C14H13N5O. The maximum absolute atomic E-state index is 10.9. The minimum absolute atomic E-state index is 0.0567. The third-order valence-corrected chi connectivity index (χ3v) is 2.89. The zero-order valence-electron chi connectivity index (χ0n) is 10.9. The smallest absolute Gasteiger partial charge is 0.217 e. The molecule has 3 aromatic rings. The lowest BCUT2D eigenvalue weighted by Crippen LogP contribution is -2.18. The molecule has 6 nitrogen and oxygen atoms in total. The lowest BCUT2D eigenvalue weighted by molar-refractivity contribution is -0.119. The first kappa shape index (κ1) is 12.3. The molecule has 1 aromatic carbocycles. The molecule has 0 unspecified atom stereocenters. The Morgan fingerprint density at radius 3 is 2.85 bits per heavy atom. The van der Waals surface area contributed by atoms with Crippen molar-refractivity contribution in [3.8, 4) is 5.69 Å². The van der Waals surface area contributed by atoms with Gasteiger partial charge in [0.05, 0.1) is 22.9 Å². The second-order valence-electron chi connectivity index (χ2n) is 4.43. The van der Waals surface area contributed by atoms with E-state index in [0.717, 1.165) is 22.3 Å². The molecule has 100 valence electrons. The summed E-state index contributed by atoms with van der Waals surface area (Å²) in [5, 5.41) is 7.03. The van der Waals surface area contributed by atoms with Gasteiger partial charge in [-0.2, -0.15) is 5.10 Å². The summed E-state index contributed by atoms with van der Waals surface area (Å²) in [4.78, 5) is 19.4. The second kappa shape index (κ2) is 5.08. The molecule has 20 heavy (non-hydrogen) atoms. The van der Waals surface area contributed by atoms with E-state index >= 15 is 0 Å². The van der Waals surface area contributed by atoms with Crippen LogP contribution < -0.4 is 5.32 Å². The van der Waals surface area contributed by atoms with E-state index in [1.807, 2.05) is 24.4 Å². The predicted octanol–water partition coefficient (Wildman–Crippen LogP) is 1.45.